The lowest BCUT2D eigenvalue weighted by molar-refractivity contribution is 0.0886. The third kappa shape index (κ3) is 3.82. The number of hydrogen-bond donors (Lipinski definition) is 0. The van der Waals surface area contributed by atoms with E-state index in [1.807, 2.05) is 60.7 Å². The molecule has 2 nitrogen and oxygen atoms in total. The molecule has 0 radical (unpaired) electrons. The fraction of sp³-hybridized carbons (Fsp3) is 0.154. The standard InChI is InChI=1S/C39H32ClNO/c1-38(2)35-32-17-11-10-14-27(32)20-23-34(35)41(3)39(38)25-30(26-12-6-4-7-13-26)24-33(28-18-21-31(40)22-19-28)36(39)37(42)29-15-8-5-9-16-29/h4-25,36H,1-3H3/t36-,39-/m1/s1. The molecule has 1 spiro atoms. The Hall–Kier alpha value is -4.40. The van der Waals surface area contributed by atoms with E-state index in [1.54, 1.807) is 0 Å². The Morgan fingerprint density at radius 3 is 2.10 bits per heavy atom. The summed E-state index contributed by atoms with van der Waals surface area (Å²) >= 11 is 6.37. The number of Topliss-reactive ketones (excluding diaryl/α,β-unsaturated/α-hetero) is 1. The number of allylic oxidation sites excluding steroid dienone is 2. The zero-order valence-electron chi connectivity index (χ0n) is 24.0. The largest absolute Gasteiger partial charge is 0.363 e. The van der Waals surface area contributed by atoms with E-state index in [1.165, 1.54) is 16.3 Å². The molecule has 5 aromatic carbocycles. The second-order valence-electron chi connectivity index (χ2n) is 11.9. The quantitative estimate of drug-likeness (QED) is 0.202. The second-order valence-corrected chi connectivity index (χ2v) is 12.4. The summed E-state index contributed by atoms with van der Waals surface area (Å²) in [5.41, 5.74) is 6.22. The van der Waals surface area contributed by atoms with Gasteiger partial charge in [-0.25, -0.2) is 0 Å². The average Bonchev–Trinajstić information content (AvgIpc) is 3.19. The van der Waals surface area contributed by atoms with E-state index in [0.29, 0.717) is 10.6 Å². The molecule has 0 aromatic heterocycles. The average molecular weight is 566 g/mol. The number of nitrogens with zero attached hydrogens (tertiary/aromatic N) is 1. The van der Waals surface area contributed by atoms with E-state index in [4.69, 9.17) is 11.6 Å². The SMILES string of the molecule is CN1c2ccc3ccccc3c2C(C)(C)[C@]12C=C(c1ccccc1)C=C(c1ccc(Cl)cc1)[C@@H]2C(=O)c1ccccc1. The molecule has 1 heterocycles. The molecule has 0 N–H and O–H groups in total. The topological polar surface area (TPSA) is 20.3 Å². The predicted molar refractivity (Wildman–Crippen MR) is 176 cm³/mol. The van der Waals surface area contributed by atoms with E-state index < -0.39 is 16.9 Å². The molecule has 1 aliphatic heterocycles. The van der Waals surface area contributed by atoms with Crippen LogP contribution < -0.4 is 4.90 Å². The molecule has 0 fully saturated rings. The minimum atomic E-state index is -0.707. The van der Waals surface area contributed by atoms with Crippen molar-refractivity contribution in [3.8, 4) is 0 Å². The summed E-state index contributed by atoms with van der Waals surface area (Å²) in [6.45, 7) is 4.63. The maximum absolute atomic E-state index is 15.0. The number of carbonyl (C=O) groups is 1. The van der Waals surface area contributed by atoms with Crippen molar-refractivity contribution < 1.29 is 4.79 Å². The van der Waals surface area contributed by atoms with Crippen LogP contribution in [0.2, 0.25) is 5.02 Å². The van der Waals surface area contributed by atoms with Crippen molar-refractivity contribution in [1.29, 1.82) is 0 Å². The van der Waals surface area contributed by atoms with Crippen LogP contribution in [0, 0.1) is 5.92 Å². The van der Waals surface area contributed by atoms with Gasteiger partial charge in [-0.1, -0.05) is 129 Å². The second kappa shape index (κ2) is 9.86. The third-order valence-electron chi connectivity index (χ3n) is 9.49. The predicted octanol–water partition coefficient (Wildman–Crippen LogP) is 9.64. The van der Waals surface area contributed by atoms with Gasteiger partial charge < -0.3 is 4.90 Å². The van der Waals surface area contributed by atoms with Crippen molar-refractivity contribution in [2.45, 2.75) is 24.8 Å². The van der Waals surface area contributed by atoms with Crippen LogP contribution >= 0.6 is 11.6 Å². The summed E-state index contributed by atoms with van der Waals surface area (Å²) in [6.07, 6.45) is 4.60. The van der Waals surface area contributed by atoms with Gasteiger partial charge in [-0.05, 0) is 69.0 Å². The Kier molecular flexibility index (Phi) is 6.22. The first-order valence-electron chi connectivity index (χ1n) is 14.4. The maximum atomic E-state index is 15.0. The van der Waals surface area contributed by atoms with Gasteiger partial charge in [-0.2, -0.15) is 0 Å². The monoisotopic (exact) mass is 565 g/mol. The van der Waals surface area contributed by atoms with Gasteiger partial charge in [0.15, 0.2) is 5.78 Å². The Morgan fingerprint density at radius 1 is 0.738 bits per heavy atom. The number of hydrogen-bond acceptors (Lipinski definition) is 2. The molecule has 7 rings (SSSR count). The summed E-state index contributed by atoms with van der Waals surface area (Å²) < 4.78 is 0. The van der Waals surface area contributed by atoms with Gasteiger partial charge in [0.05, 0.1) is 11.5 Å². The van der Waals surface area contributed by atoms with Crippen LogP contribution in [-0.2, 0) is 5.41 Å². The summed E-state index contributed by atoms with van der Waals surface area (Å²) in [5.74, 6) is -0.378. The Balaban J connectivity index is 1.58. The number of benzene rings is 5. The van der Waals surface area contributed by atoms with E-state index in [2.05, 4.69) is 98.6 Å². The molecule has 2 atom stereocenters. The zero-order valence-corrected chi connectivity index (χ0v) is 24.8. The van der Waals surface area contributed by atoms with Crippen molar-refractivity contribution in [3.63, 3.8) is 0 Å². The molecule has 0 saturated carbocycles. The molecular formula is C39H32ClNO. The lowest BCUT2D eigenvalue weighted by atomic mass is 9.57. The maximum Gasteiger partial charge on any atom is 0.173 e. The molecule has 0 amide bonds. The number of likely N-dealkylation sites (N-methyl/N-ethyl adjacent to an activating group) is 1. The highest BCUT2D eigenvalue weighted by molar-refractivity contribution is 6.30. The third-order valence-corrected chi connectivity index (χ3v) is 9.74. The number of halogens is 1. The highest BCUT2D eigenvalue weighted by Crippen LogP contribution is 2.61. The molecule has 2 aliphatic rings. The number of anilines is 1. The molecule has 0 bridgehead atoms. The van der Waals surface area contributed by atoms with Crippen LogP contribution in [0.1, 0.15) is 40.9 Å². The summed E-state index contributed by atoms with van der Waals surface area (Å²) in [7, 11) is 2.16. The molecule has 206 valence electrons. The molecule has 5 aromatic rings. The van der Waals surface area contributed by atoms with Crippen molar-refractivity contribution in [2.24, 2.45) is 5.92 Å². The van der Waals surface area contributed by atoms with E-state index in [-0.39, 0.29) is 5.78 Å². The Morgan fingerprint density at radius 2 is 1.38 bits per heavy atom. The first-order valence-corrected chi connectivity index (χ1v) is 14.8. The summed E-state index contributed by atoms with van der Waals surface area (Å²) in [5, 5.41) is 3.11. The first kappa shape index (κ1) is 26.5. The van der Waals surface area contributed by atoms with Gasteiger partial charge in [0, 0.05) is 28.7 Å². The number of ketones is 1. The van der Waals surface area contributed by atoms with Crippen molar-refractivity contribution in [1.82, 2.24) is 0 Å². The van der Waals surface area contributed by atoms with Crippen LogP contribution in [0.25, 0.3) is 21.9 Å². The highest BCUT2D eigenvalue weighted by atomic mass is 35.5. The zero-order chi connectivity index (χ0) is 29.1. The van der Waals surface area contributed by atoms with Gasteiger partial charge in [-0.15, -0.1) is 0 Å². The highest BCUT2D eigenvalue weighted by Gasteiger charge is 2.62. The van der Waals surface area contributed by atoms with Gasteiger partial charge in [0.2, 0.25) is 0 Å². The molecule has 3 heteroatoms. The Labute approximate surface area is 252 Å². The number of carbonyl (C=O) groups excluding carboxylic acids is 1. The van der Waals surface area contributed by atoms with Gasteiger partial charge in [0.1, 0.15) is 0 Å². The Bertz CT molecular complexity index is 1890. The lowest BCUT2D eigenvalue weighted by Crippen LogP contribution is -2.61. The molecule has 0 unspecified atom stereocenters. The van der Waals surface area contributed by atoms with Gasteiger partial charge in [0.25, 0.3) is 0 Å². The van der Waals surface area contributed by atoms with Crippen LogP contribution in [-0.4, -0.2) is 18.4 Å². The summed E-state index contributed by atoms with van der Waals surface area (Å²) in [4.78, 5) is 17.4. The van der Waals surface area contributed by atoms with Gasteiger partial charge >= 0.3 is 0 Å². The lowest BCUT2D eigenvalue weighted by Gasteiger charge is -2.52. The molecule has 1 aliphatic carbocycles. The van der Waals surface area contributed by atoms with Gasteiger partial charge in [-0.3, -0.25) is 4.79 Å². The van der Waals surface area contributed by atoms with Crippen LogP contribution in [0.15, 0.2) is 133 Å². The van der Waals surface area contributed by atoms with Crippen molar-refractivity contribution in [2.75, 3.05) is 11.9 Å². The van der Waals surface area contributed by atoms with Crippen LogP contribution in [0.4, 0.5) is 5.69 Å². The van der Waals surface area contributed by atoms with Crippen LogP contribution in [0.5, 0.6) is 0 Å². The van der Waals surface area contributed by atoms with E-state index in [9.17, 15) is 4.79 Å². The minimum Gasteiger partial charge on any atom is -0.363 e. The number of fused-ring (bicyclic) bond motifs is 3. The summed E-state index contributed by atoms with van der Waals surface area (Å²) in [6, 6.07) is 41.2. The smallest absolute Gasteiger partial charge is 0.173 e. The minimum absolute atomic E-state index is 0.109. The molecule has 42 heavy (non-hydrogen) atoms. The van der Waals surface area contributed by atoms with E-state index in [0.717, 1.165) is 28.0 Å². The molecular weight excluding hydrogens is 534 g/mol. The fourth-order valence-electron chi connectivity index (χ4n) is 7.50. The van der Waals surface area contributed by atoms with Crippen molar-refractivity contribution >= 4 is 45.0 Å². The van der Waals surface area contributed by atoms with Crippen LogP contribution in [0.3, 0.4) is 0 Å². The van der Waals surface area contributed by atoms with Crippen molar-refractivity contribution in [3.05, 3.63) is 161 Å². The fourth-order valence-corrected chi connectivity index (χ4v) is 7.62. The van der Waals surface area contributed by atoms with E-state index >= 15 is 0 Å². The first-order chi connectivity index (χ1) is 20.3. The number of rotatable bonds is 4. The molecule has 0 saturated heterocycles. The normalized spacial score (nSPS) is 20.8.